The standard InChI is InChI=1S/C24H27NO6/c1-4-12(2)22(23(27)28)25-21(26)10-16-13(3)15-9-17-14-7-5-6-8-18(14)30-20(17)11-19(15)31-24(16)29/h9,11-12,22H,4-8,10H2,1-3H3,(H,25,26)(H,27,28)/p-1/t12-,22+/m1/s1. The highest BCUT2D eigenvalue weighted by Gasteiger charge is 2.23. The van der Waals surface area contributed by atoms with E-state index in [1.54, 1.807) is 19.9 Å². The van der Waals surface area contributed by atoms with E-state index in [2.05, 4.69) is 5.32 Å². The molecule has 2 atom stereocenters. The number of hydrogen-bond acceptors (Lipinski definition) is 6. The molecule has 7 heteroatoms. The highest BCUT2D eigenvalue weighted by molar-refractivity contribution is 5.97. The van der Waals surface area contributed by atoms with Crippen molar-refractivity contribution in [3.63, 3.8) is 0 Å². The van der Waals surface area contributed by atoms with Crippen molar-refractivity contribution in [1.82, 2.24) is 5.32 Å². The second-order valence-electron chi connectivity index (χ2n) is 8.48. The Morgan fingerprint density at radius 3 is 2.55 bits per heavy atom. The Morgan fingerprint density at radius 1 is 1.13 bits per heavy atom. The Morgan fingerprint density at radius 2 is 1.84 bits per heavy atom. The maximum atomic E-state index is 12.6. The Hall–Kier alpha value is -3.09. The number of aryl methyl sites for hydroxylation is 3. The van der Waals surface area contributed by atoms with Gasteiger partial charge in [0.1, 0.15) is 16.9 Å². The zero-order valence-corrected chi connectivity index (χ0v) is 18.0. The van der Waals surface area contributed by atoms with E-state index in [0.717, 1.165) is 42.2 Å². The maximum absolute atomic E-state index is 12.6. The van der Waals surface area contributed by atoms with Gasteiger partial charge in [0.25, 0.3) is 0 Å². The molecule has 1 aliphatic carbocycles. The predicted octanol–water partition coefficient (Wildman–Crippen LogP) is 2.55. The number of carbonyl (C=O) groups is 2. The summed E-state index contributed by atoms with van der Waals surface area (Å²) < 4.78 is 11.5. The van der Waals surface area contributed by atoms with E-state index < -0.39 is 23.5 Å². The molecule has 0 fully saturated rings. The van der Waals surface area contributed by atoms with Crippen LogP contribution in [0.25, 0.3) is 21.9 Å². The number of furan rings is 1. The fraction of sp³-hybridized carbons (Fsp3) is 0.458. The van der Waals surface area contributed by atoms with Gasteiger partial charge >= 0.3 is 5.63 Å². The first-order valence-corrected chi connectivity index (χ1v) is 10.8. The van der Waals surface area contributed by atoms with Crippen LogP contribution in [0.3, 0.4) is 0 Å². The number of benzene rings is 1. The number of carbonyl (C=O) groups excluding carboxylic acids is 2. The Bertz CT molecular complexity index is 1230. The number of carboxylic acids is 1. The van der Waals surface area contributed by atoms with E-state index in [9.17, 15) is 19.5 Å². The molecule has 0 unspecified atom stereocenters. The summed E-state index contributed by atoms with van der Waals surface area (Å²) in [6.45, 7) is 5.35. The van der Waals surface area contributed by atoms with Crippen LogP contribution in [0.4, 0.5) is 0 Å². The van der Waals surface area contributed by atoms with E-state index in [0.29, 0.717) is 23.2 Å². The van der Waals surface area contributed by atoms with E-state index in [1.165, 1.54) is 5.56 Å². The minimum atomic E-state index is -1.34. The lowest BCUT2D eigenvalue weighted by Gasteiger charge is -2.25. The molecule has 2 aromatic heterocycles. The smallest absolute Gasteiger partial charge is 0.340 e. The van der Waals surface area contributed by atoms with Crippen LogP contribution in [0.2, 0.25) is 0 Å². The molecule has 0 bridgehead atoms. The van der Waals surface area contributed by atoms with Crippen molar-refractivity contribution in [2.45, 2.75) is 65.3 Å². The lowest BCUT2D eigenvalue weighted by Crippen LogP contribution is -2.51. The van der Waals surface area contributed by atoms with E-state index in [-0.39, 0.29) is 17.9 Å². The third-order valence-corrected chi connectivity index (χ3v) is 6.48. The van der Waals surface area contributed by atoms with Crippen LogP contribution in [0, 0.1) is 12.8 Å². The monoisotopic (exact) mass is 424 g/mol. The molecule has 7 nitrogen and oxygen atoms in total. The van der Waals surface area contributed by atoms with Crippen LogP contribution < -0.4 is 16.0 Å². The third-order valence-electron chi connectivity index (χ3n) is 6.48. The van der Waals surface area contributed by atoms with Crippen molar-refractivity contribution < 1.29 is 23.5 Å². The van der Waals surface area contributed by atoms with Crippen molar-refractivity contribution in [3.8, 4) is 0 Å². The average Bonchev–Trinajstić information content (AvgIpc) is 3.10. The van der Waals surface area contributed by atoms with Crippen LogP contribution >= 0.6 is 0 Å². The van der Waals surface area contributed by atoms with E-state index in [4.69, 9.17) is 8.83 Å². The van der Waals surface area contributed by atoms with Gasteiger partial charge in [-0.15, -0.1) is 0 Å². The molecular weight excluding hydrogens is 398 g/mol. The van der Waals surface area contributed by atoms with Gasteiger partial charge < -0.3 is 24.1 Å². The van der Waals surface area contributed by atoms with Gasteiger partial charge in [0, 0.05) is 28.8 Å². The lowest BCUT2D eigenvalue weighted by molar-refractivity contribution is -0.309. The van der Waals surface area contributed by atoms with Gasteiger partial charge in [-0.25, -0.2) is 4.79 Å². The van der Waals surface area contributed by atoms with Gasteiger partial charge in [-0.2, -0.15) is 0 Å². The van der Waals surface area contributed by atoms with Crippen molar-refractivity contribution in [1.29, 1.82) is 0 Å². The molecule has 164 valence electrons. The van der Waals surface area contributed by atoms with Gasteiger partial charge in [-0.05, 0) is 43.7 Å². The summed E-state index contributed by atoms with van der Waals surface area (Å²) >= 11 is 0. The zero-order valence-electron chi connectivity index (χ0n) is 18.0. The minimum Gasteiger partial charge on any atom is -0.548 e. The normalized spacial score (nSPS) is 15.6. The molecular formula is C24H26NO6-. The molecule has 1 aliphatic rings. The predicted molar refractivity (Wildman–Crippen MR) is 114 cm³/mol. The number of amides is 1. The van der Waals surface area contributed by atoms with Gasteiger partial charge in [-0.3, -0.25) is 4.79 Å². The molecule has 0 radical (unpaired) electrons. The van der Waals surface area contributed by atoms with Gasteiger partial charge in [0.2, 0.25) is 5.91 Å². The van der Waals surface area contributed by atoms with Crippen LogP contribution in [0.5, 0.6) is 0 Å². The largest absolute Gasteiger partial charge is 0.548 e. The first kappa shape index (κ1) is 21.2. The SMILES string of the molecule is CC[C@@H](C)[C@H](NC(=O)Cc1c(C)c2cc3c4c(oc3cc2oc1=O)CCCC4)C(=O)[O-]. The molecule has 0 saturated carbocycles. The minimum absolute atomic E-state index is 0.225. The van der Waals surface area contributed by atoms with E-state index in [1.807, 2.05) is 13.0 Å². The first-order chi connectivity index (χ1) is 14.8. The van der Waals surface area contributed by atoms with Crippen LogP contribution in [-0.4, -0.2) is 17.9 Å². The number of nitrogens with one attached hydrogen (secondary N) is 1. The van der Waals surface area contributed by atoms with Gasteiger partial charge in [0.05, 0.1) is 24.0 Å². The van der Waals surface area contributed by atoms with Gasteiger partial charge in [0.15, 0.2) is 0 Å². The summed E-state index contributed by atoms with van der Waals surface area (Å²) in [4.78, 5) is 36.6. The third kappa shape index (κ3) is 3.84. The Labute approximate surface area is 179 Å². The van der Waals surface area contributed by atoms with Crippen molar-refractivity contribution in [2.75, 3.05) is 0 Å². The summed E-state index contributed by atoms with van der Waals surface area (Å²) in [5, 5.41) is 15.7. The molecule has 1 N–H and O–H groups in total. The number of fused-ring (bicyclic) bond motifs is 4. The van der Waals surface area contributed by atoms with Crippen molar-refractivity contribution >= 4 is 33.8 Å². The Balaban J connectivity index is 1.71. The molecule has 4 rings (SSSR count). The molecule has 0 spiro atoms. The molecule has 1 amide bonds. The molecule has 0 aliphatic heterocycles. The lowest BCUT2D eigenvalue weighted by atomic mass is 9.94. The summed E-state index contributed by atoms with van der Waals surface area (Å²) in [6.07, 6.45) is 4.39. The average molecular weight is 424 g/mol. The molecule has 0 saturated heterocycles. The molecule has 1 aromatic carbocycles. The fourth-order valence-corrected chi connectivity index (χ4v) is 4.40. The highest BCUT2D eigenvalue weighted by atomic mass is 16.4. The van der Waals surface area contributed by atoms with Crippen molar-refractivity contribution in [3.05, 3.63) is 45.0 Å². The maximum Gasteiger partial charge on any atom is 0.340 e. The Kier molecular flexibility index (Phi) is 5.60. The number of rotatable bonds is 6. The number of hydrogen-bond donors (Lipinski definition) is 1. The summed E-state index contributed by atoms with van der Waals surface area (Å²) in [6, 6.07) is 2.61. The first-order valence-electron chi connectivity index (χ1n) is 10.8. The zero-order chi connectivity index (χ0) is 22.3. The van der Waals surface area contributed by atoms with Gasteiger partial charge in [-0.1, -0.05) is 20.3 Å². The van der Waals surface area contributed by atoms with E-state index >= 15 is 0 Å². The van der Waals surface area contributed by atoms with Crippen molar-refractivity contribution in [2.24, 2.45) is 5.92 Å². The second-order valence-corrected chi connectivity index (χ2v) is 8.48. The summed E-state index contributed by atoms with van der Waals surface area (Å²) in [7, 11) is 0. The number of aliphatic carboxylic acids is 1. The summed E-state index contributed by atoms with van der Waals surface area (Å²) in [5.41, 5.74) is 2.60. The second kappa shape index (κ2) is 8.21. The molecule has 3 aromatic rings. The van der Waals surface area contributed by atoms with Crippen LogP contribution in [0.1, 0.15) is 55.6 Å². The van der Waals surface area contributed by atoms with Crippen LogP contribution in [0.15, 0.2) is 25.8 Å². The van der Waals surface area contributed by atoms with Crippen LogP contribution in [-0.2, 0) is 28.9 Å². The quantitative estimate of drug-likeness (QED) is 0.609. The highest BCUT2D eigenvalue weighted by Crippen LogP contribution is 2.35. The summed E-state index contributed by atoms with van der Waals surface area (Å²) in [5.74, 6) is -1.18. The fourth-order valence-electron chi connectivity index (χ4n) is 4.40. The topological polar surface area (TPSA) is 113 Å². The number of carboxylic acid groups (broad SMARTS) is 1. The molecule has 2 heterocycles. The molecule has 31 heavy (non-hydrogen) atoms.